The molecule has 1 fully saturated rings. The van der Waals surface area contributed by atoms with E-state index in [-0.39, 0.29) is 37.1 Å². The average Bonchev–Trinajstić information content (AvgIpc) is 3.48. The van der Waals surface area contributed by atoms with Crippen LogP contribution in [-0.2, 0) is 16.1 Å². The van der Waals surface area contributed by atoms with Crippen molar-refractivity contribution in [3.8, 4) is 28.3 Å². The standard InChI is InChI=1S/C27H22N4O4/c1-35-21-9-7-16-11-18(6-5-17(16)13-21)23-14-24(29-28-23)19-8-10-22-20(12-19)15-30(27(22)34)31-25(32)3-2-4-26(31)33/h5-14H,2-4,15H2,1H3,(H,28,29). The zero-order chi connectivity index (χ0) is 24.1. The van der Waals surface area contributed by atoms with Gasteiger partial charge in [-0.15, -0.1) is 0 Å². The third kappa shape index (κ3) is 3.54. The van der Waals surface area contributed by atoms with Gasteiger partial charge in [0, 0.05) is 29.5 Å². The van der Waals surface area contributed by atoms with Crippen molar-refractivity contribution in [2.45, 2.75) is 25.8 Å². The summed E-state index contributed by atoms with van der Waals surface area (Å²) in [7, 11) is 1.65. The maximum Gasteiger partial charge on any atom is 0.273 e. The highest BCUT2D eigenvalue weighted by atomic mass is 16.5. The minimum Gasteiger partial charge on any atom is -0.497 e. The van der Waals surface area contributed by atoms with E-state index in [1.165, 1.54) is 5.01 Å². The monoisotopic (exact) mass is 466 g/mol. The third-order valence-corrected chi connectivity index (χ3v) is 6.62. The van der Waals surface area contributed by atoms with Crippen LogP contribution >= 0.6 is 0 Å². The maximum atomic E-state index is 12.9. The van der Waals surface area contributed by atoms with Gasteiger partial charge >= 0.3 is 0 Å². The highest BCUT2D eigenvalue weighted by Crippen LogP contribution is 2.32. The van der Waals surface area contributed by atoms with Crippen molar-refractivity contribution in [2.24, 2.45) is 0 Å². The van der Waals surface area contributed by atoms with Gasteiger partial charge in [-0.3, -0.25) is 19.5 Å². The first-order valence-corrected chi connectivity index (χ1v) is 11.5. The number of H-pyrrole nitrogens is 1. The van der Waals surface area contributed by atoms with Gasteiger partial charge in [-0.2, -0.15) is 10.1 Å². The van der Waals surface area contributed by atoms with Gasteiger partial charge in [0.25, 0.3) is 5.91 Å². The summed E-state index contributed by atoms with van der Waals surface area (Å²) in [6.07, 6.45) is 1.07. The SMILES string of the molecule is COc1ccc2cc(-c3cc(-c4ccc5c(c4)CN(N4C(=O)CCCC4=O)C5=O)n[nH]3)ccc2c1. The van der Waals surface area contributed by atoms with Gasteiger partial charge in [-0.05, 0) is 59.2 Å². The van der Waals surface area contributed by atoms with Crippen molar-refractivity contribution in [3.63, 3.8) is 0 Å². The molecule has 35 heavy (non-hydrogen) atoms. The Labute approximate surface area is 201 Å². The number of hydrogen-bond donors (Lipinski definition) is 1. The number of nitrogens with zero attached hydrogens (tertiary/aromatic N) is 3. The molecule has 2 aliphatic heterocycles. The van der Waals surface area contributed by atoms with E-state index in [0.717, 1.165) is 49.6 Å². The van der Waals surface area contributed by atoms with Gasteiger partial charge in [-0.1, -0.05) is 24.3 Å². The number of hydrazine groups is 1. The number of ether oxygens (including phenoxy) is 1. The van der Waals surface area contributed by atoms with Crippen LogP contribution in [0, 0.1) is 0 Å². The number of nitrogens with one attached hydrogen (secondary N) is 1. The van der Waals surface area contributed by atoms with Gasteiger partial charge in [0.2, 0.25) is 11.8 Å². The van der Waals surface area contributed by atoms with E-state index in [0.29, 0.717) is 12.0 Å². The number of carbonyl (C=O) groups excluding carboxylic acids is 3. The molecule has 0 spiro atoms. The van der Waals surface area contributed by atoms with Crippen LogP contribution in [0.15, 0.2) is 60.7 Å². The first kappa shape index (κ1) is 21.1. The molecule has 3 amide bonds. The molecule has 0 bridgehead atoms. The smallest absolute Gasteiger partial charge is 0.273 e. The second kappa shape index (κ2) is 8.09. The van der Waals surface area contributed by atoms with Crippen LogP contribution in [0.1, 0.15) is 35.2 Å². The van der Waals surface area contributed by atoms with Gasteiger partial charge in [-0.25, -0.2) is 5.01 Å². The van der Waals surface area contributed by atoms with Crippen molar-refractivity contribution in [1.82, 2.24) is 20.2 Å². The molecular formula is C27H22N4O4. The number of imide groups is 1. The molecule has 8 nitrogen and oxygen atoms in total. The predicted octanol–water partition coefficient (Wildman–Crippen LogP) is 4.32. The second-order valence-corrected chi connectivity index (χ2v) is 8.78. The fraction of sp³-hybridized carbons (Fsp3) is 0.185. The summed E-state index contributed by atoms with van der Waals surface area (Å²) in [4.78, 5) is 37.6. The van der Waals surface area contributed by atoms with Crippen molar-refractivity contribution in [3.05, 3.63) is 71.8 Å². The summed E-state index contributed by atoms with van der Waals surface area (Å²) in [6, 6.07) is 19.6. The number of piperidine rings is 1. The molecule has 3 heterocycles. The molecule has 4 aromatic rings. The topological polar surface area (TPSA) is 95.6 Å². The Kier molecular flexibility index (Phi) is 4.88. The maximum absolute atomic E-state index is 12.9. The summed E-state index contributed by atoms with van der Waals surface area (Å²) in [6.45, 7) is 0.185. The zero-order valence-electron chi connectivity index (χ0n) is 19.1. The molecule has 0 atom stereocenters. The average molecular weight is 466 g/mol. The van der Waals surface area contributed by atoms with Crippen molar-refractivity contribution >= 4 is 28.5 Å². The number of methoxy groups -OCH3 is 1. The van der Waals surface area contributed by atoms with Gasteiger partial charge in [0.1, 0.15) is 5.75 Å². The van der Waals surface area contributed by atoms with Crippen molar-refractivity contribution in [1.29, 1.82) is 0 Å². The molecule has 6 rings (SSSR count). The second-order valence-electron chi connectivity index (χ2n) is 8.78. The van der Waals surface area contributed by atoms with E-state index in [1.807, 2.05) is 48.5 Å². The van der Waals surface area contributed by atoms with Crippen molar-refractivity contribution in [2.75, 3.05) is 7.11 Å². The number of hydrogen-bond acceptors (Lipinski definition) is 5. The number of aromatic nitrogens is 2. The highest BCUT2D eigenvalue weighted by molar-refractivity contribution is 6.04. The minimum atomic E-state index is -0.328. The van der Waals surface area contributed by atoms with Crippen LogP contribution in [0.2, 0.25) is 0 Å². The summed E-state index contributed by atoms with van der Waals surface area (Å²) < 4.78 is 5.30. The molecule has 3 aromatic carbocycles. The van der Waals surface area contributed by atoms with Gasteiger partial charge < -0.3 is 4.74 Å². The van der Waals surface area contributed by atoms with Crippen LogP contribution in [-0.4, -0.2) is 45.0 Å². The normalized spacial score (nSPS) is 15.7. The number of aromatic amines is 1. The number of fused-ring (bicyclic) bond motifs is 2. The van der Waals surface area contributed by atoms with Crippen molar-refractivity contribution < 1.29 is 19.1 Å². The third-order valence-electron chi connectivity index (χ3n) is 6.62. The minimum absolute atomic E-state index is 0.185. The Bertz CT molecular complexity index is 1510. The Morgan fingerprint density at radius 2 is 1.60 bits per heavy atom. The lowest BCUT2D eigenvalue weighted by Gasteiger charge is -2.32. The molecular weight excluding hydrogens is 444 g/mol. The fourth-order valence-electron chi connectivity index (χ4n) is 4.77. The molecule has 0 radical (unpaired) electrons. The van der Waals surface area contributed by atoms with Gasteiger partial charge in [0.05, 0.1) is 25.0 Å². The van der Waals surface area contributed by atoms with E-state index in [2.05, 4.69) is 16.3 Å². The van der Waals surface area contributed by atoms with E-state index >= 15 is 0 Å². The fourth-order valence-corrected chi connectivity index (χ4v) is 4.77. The summed E-state index contributed by atoms with van der Waals surface area (Å²) in [5, 5.41) is 12.1. The Morgan fingerprint density at radius 3 is 2.40 bits per heavy atom. The first-order chi connectivity index (χ1) is 17.0. The largest absolute Gasteiger partial charge is 0.497 e. The Morgan fingerprint density at radius 1 is 0.857 bits per heavy atom. The molecule has 8 heteroatoms. The van der Waals surface area contributed by atoms with Crippen LogP contribution in [0.5, 0.6) is 5.75 Å². The first-order valence-electron chi connectivity index (χ1n) is 11.5. The van der Waals surface area contributed by atoms with E-state index < -0.39 is 0 Å². The number of rotatable bonds is 4. The predicted molar refractivity (Wildman–Crippen MR) is 129 cm³/mol. The quantitative estimate of drug-likeness (QED) is 0.452. The molecule has 1 aromatic heterocycles. The molecule has 0 saturated carbocycles. The summed E-state index contributed by atoms with van der Waals surface area (Å²) >= 11 is 0. The van der Waals surface area contributed by atoms with Crippen LogP contribution in [0.4, 0.5) is 0 Å². The van der Waals surface area contributed by atoms with E-state index in [4.69, 9.17) is 4.74 Å². The van der Waals surface area contributed by atoms with Crippen LogP contribution in [0.3, 0.4) is 0 Å². The highest BCUT2D eigenvalue weighted by Gasteiger charge is 2.39. The lowest BCUT2D eigenvalue weighted by atomic mass is 10.0. The van der Waals surface area contributed by atoms with E-state index in [1.54, 1.807) is 13.2 Å². The number of benzene rings is 3. The molecule has 0 unspecified atom stereocenters. The Balaban J connectivity index is 1.28. The van der Waals surface area contributed by atoms with E-state index in [9.17, 15) is 14.4 Å². The van der Waals surface area contributed by atoms with Crippen LogP contribution < -0.4 is 4.74 Å². The molecule has 174 valence electrons. The summed E-state index contributed by atoms with van der Waals surface area (Å²) in [5.41, 5.74) is 4.74. The molecule has 1 saturated heterocycles. The van der Waals surface area contributed by atoms with Crippen LogP contribution in [0.25, 0.3) is 33.3 Å². The summed E-state index contributed by atoms with van der Waals surface area (Å²) in [5.74, 6) is -0.163. The van der Waals surface area contributed by atoms with Gasteiger partial charge in [0.15, 0.2) is 0 Å². The number of carbonyl (C=O) groups is 3. The Hall–Kier alpha value is -4.46. The number of amides is 3. The molecule has 0 aliphatic carbocycles. The molecule has 2 aliphatic rings. The lowest BCUT2D eigenvalue weighted by molar-refractivity contribution is -0.163. The molecule has 1 N–H and O–H groups in total. The lowest BCUT2D eigenvalue weighted by Crippen LogP contribution is -2.51. The zero-order valence-corrected chi connectivity index (χ0v) is 19.1.